The summed E-state index contributed by atoms with van der Waals surface area (Å²) in [5.74, 6) is -2.58. The summed E-state index contributed by atoms with van der Waals surface area (Å²) in [6.45, 7) is 0. The van der Waals surface area contributed by atoms with Crippen molar-refractivity contribution in [2.45, 2.75) is 12.5 Å². The average Bonchev–Trinajstić information content (AvgIpc) is 2.54. The Bertz CT molecular complexity index is 400. The summed E-state index contributed by atoms with van der Waals surface area (Å²) in [6.07, 6.45) is 0.421. The zero-order valence-electron chi connectivity index (χ0n) is 9.34. The number of carbonyl (C=O) groups excluding carboxylic acids is 4. The van der Waals surface area contributed by atoms with Crippen molar-refractivity contribution >= 4 is 23.8 Å². The smallest absolute Gasteiger partial charge is 0.331 e. The molecule has 2 amide bonds. The highest BCUT2D eigenvalue weighted by atomic mass is 16.5. The number of amides is 2. The van der Waals surface area contributed by atoms with E-state index in [1.54, 1.807) is 0 Å². The molecule has 0 aliphatic carbocycles. The van der Waals surface area contributed by atoms with Gasteiger partial charge in [-0.25, -0.2) is 9.59 Å². The van der Waals surface area contributed by atoms with Crippen molar-refractivity contribution in [3.63, 3.8) is 0 Å². The Balaban J connectivity index is 2.53. The van der Waals surface area contributed by atoms with Crippen LogP contribution in [0.3, 0.4) is 0 Å². The van der Waals surface area contributed by atoms with Crippen molar-refractivity contribution in [2.75, 3.05) is 14.2 Å². The van der Waals surface area contributed by atoms with Crippen LogP contribution >= 0.6 is 0 Å². The van der Waals surface area contributed by atoms with Crippen LogP contribution in [0, 0.1) is 0 Å². The molecule has 1 saturated heterocycles. The largest absolute Gasteiger partial charge is 0.466 e. The third-order valence-electron chi connectivity index (χ3n) is 2.16. The molecule has 1 aliphatic heterocycles. The van der Waals surface area contributed by atoms with Gasteiger partial charge in [-0.3, -0.25) is 14.5 Å². The van der Waals surface area contributed by atoms with Crippen LogP contribution in [-0.2, 0) is 28.7 Å². The number of ether oxygens (including phenoxy) is 2. The van der Waals surface area contributed by atoms with Crippen LogP contribution in [0.2, 0.25) is 0 Å². The first-order valence-electron chi connectivity index (χ1n) is 4.72. The summed E-state index contributed by atoms with van der Waals surface area (Å²) in [7, 11) is 2.47. The van der Waals surface area contributed by atoms with E-state index in [0.29, 0.717) is 0 Å². The van der Waals surface area contributed by atoms with Gasteiger partial charge < -0.3 is 9.47 Å². The minimum Gasteiger partial charge on any atom is -0.466 e. The third kappa shape index (κ3) is 3.13. The molecule has 1 aliphatic rings. The molecule has 0 radical (unpaired) electrons. The Morgan fingerprint density at radius 2 is 1.88 bits per heavy atom. The topological polar surface area (TPSA) is 90.0 Å². The Labute approximate surface area is 97.0 Å². The monoisotopic (exact) mass is 241 g/mol. The van der Waals surface area contributed by atoms with Crippen LogP contribution in [0.1, 0.15) is 6.42 Å². The van der Waals surface area contributed by atoms with E-state index in [-0.39, 0.29) is 6.42 Å². The number of carbonyl (C=O) groups is 4. The maximum absolute atomic E-state index is 11.4. The van der Waals surface area contributed by atoms with Gasteiger partial charge in [-0.2, -0.15) is 0 Å². The zero-order chi connectivity index (χ0) is 13.0. The molecule has 0 spiro atoms. The van der Waals surface area contributed by atoms with Gasteiger partial charge in [0.2, 0.25) is 5.91 Å². The van der Waals surface area contributed by atoms with Crippen molar-refractivity contribution in [3.8, 4) is 0 Å². The number of nitrogens with zero attached hydrogens (tertiary/aromatic N) is 1. The summed E-state index contributed by atoms with van der Waals surface area (Å²) in [5, 5.41) is 0. The summed E-state index contributed by atoms with van der Waals surface area (Å²) in [4.78, 5) is 45.2. The molecule has 1 atom stereocenters. The quantitative estimate of drug-likeness (QED) is 0.358. The van der Waals surface area contributed by atoms with Crippen molar-refractivity contribution in [3.05, 3.63) is 12.2 Å². The highest BCUT2D eigenvalue weighted by Crippen LogP contribution is 2.14. The van der Waals surface area contributed by atoms with E-state index in [1.165, 1.54) is 7.05 Å². The fourth-order valence-corrected chi connectivity index (χ4v) is 1.20. The molecule has 0 aromatic carbocycles. The highest BCUT2D eigenvalue weighted by molar-refractivity contribution is 6.05. The molecule has 0 unspecified atom stereocenters. The lowest BCUT2D eigenvalue weighted by Crippen LogP contribution is -2.30. The second-order valence-electron chi connectivity index (χ2n) is 3.28. The van der Waals surface area contributed by atoms with Gasteiger partial charge in [0.15, 0.2) is 6.10 Å². The number of likely N-dealkylation sites (tertiary alicyclic amines) is 1. The number of imide groups is 1. The van der Waals surface area contributed by atoms with Crippen molar-refractivity contribution in [2.24, 2.45) is 0 Å². The summed E-state index contributed by atoms with van der Waals surface area (Å²) in [6, 6.07) is 0. The average molecular weight is 241 g/mol. The standard InChI is InChI=1S/C10H11NO6/c1-11-7(12)5-6(10(11)15)17-9(14)4-3-8(13)16-2/h3-4,6H,5H2,1-2H3/b4-3+/t6-/m0/s1. The van der Waals surface area contributed by atoms with Gasteiger partial charge in [0.05, 0.1) is 13.5 Å². The number of hydrogen-bond acceptors (Lipinski definition) is 6. The van der Waals surface area contributed by atoms with Crippen molar-refractivity contribution in [1.29, 1.82) is 0 Å². The van der Waals surface area contributed by atoms with Gasteiger partial charge in [0.25, 0.3) is 5.91 Å². The molecule has 1 fully saturated rings. The Kier molecular flexibility index (Phi) is 3.97. The van der Waals surface area contributed by atoms with Crippen LogP contribution < -0.4 is 0 Å². The normalized spacial score (nSPS) is 19.9. The molecule has 0 bridgehead atoms. The van der Waals surface area contributed by atoms with E-state index in [1.807, 2.05) is 0 Å². The highest BCUT2D eigenvalue weighted by Gasteiger charge is 2.38. The van der Waals surface area contributed by atoms with E-state index in [4.69, 9.17) is 4.74 Å². The van der Waals surface area contributed by atoms with Crippen molar-refractivity contribution in [1.82, 2.24) is 4.90 Å². The molecular weight excluding hydrogens is 230 g/mol. The second kappa shape index (κ2) is 5.24. The predicted octanol–water partition coefficient (Wildman–Crippen LogP) is -0.984. The predicted molar refractivity (Wildman–Crippen MR) is 53.4 cm³/mol. The minimum absolute atomic E-state index is 0.173. The zero-order valence-corrected chi connectivity index (χ0v) is 9.34. The van der Waals surface area contributed by atoms with E-state index in [9.17, 15) is 19.2 Å². The lowest BCUT2D eigenvalue weighted by atomic mass is 10.3. The molecule has 0 N–H and O–H groups in total. The van der Waals surface area contributed by atoms with Gasteiger partial charge in [-0.05, 0) is 0 Å². The summed E-state index contributed by atoms with van der Waals surface area (Å²) < 4.78 is 8.98. The van der Waals surface area contributed by atoms with E-state index in [0.717, 1.165) is 24.2 Å². The fraction of sp³-hybridized carbons (Fsp3) is 0.400. The van der Waals surface area contributed by atoms with Crippen LogP contribution in [0.25, 0.3) is 0 Å². The number of esters is 2. The molecule has 92 valence electrons. The van der Waals surface area contributed by atoms with E-state index >= 15 is 0 Å². The first kappa shape index (κ1) is 12.9. The van der Waals surface area contributed by atoms with Crippen LogP contribution in [0.15, 0.2) is 12.2 Å². The van der Waals surface area contributed by atoms with Gasteiger partial charge in [0.1, 0.15) is 0 Å². The van der Waals surface area contributed by atoms with E-state index in [2.05, 4.69) is 4.74 Å². The van der Waals surface area contributed by atoms with Gasteiger partial charge in [-0.15, -0.1) is 0 Å². The number of methoxy groups -OCH3 is 1. The lowest BCUT2D eigenvalue weighted by molar-refractivity contribution is -0.152. The SMILES string of the molecule is COC(=O)/C=C/C(=O)O[C@H]1CC(=O)N(C)C1=O. The van der Waals surface area contributed by atoms with Crippen molar-refractivity contribution < 1.29 is 28.7 Å². The summed E-state index contributed by atoms with van der Waals surface area (Å²) >= 11 is 0. The van der Waals surface area contributed by atoms with Gasteiger partial charge in [-0.1, -0.05) is 0 Å². The van der Waals surface area contributed by atoms with Crippen LogP contribution in [0.4, 0.5) is 0 Å². The maximum Gasteiger partial charge on any atom is 0.331 e. The second-order valence-corrected chi connectivity index (χ2v) is 3.28. The summed E-state index contributed by atoms with van der Waals surface area (Å²) in [5.41, 5.74) is 0. The Morgan fingerprint density at radius 3 is 2.35 bits per heavy atom. The minimum atomic E-state index is -1.11. The molecule has 0 aromatic heterocycles. The molecule has 1 heterocycles. The Morgan fingerprint density at radius 1 is 1.29 bits per heavy atom. The van der Waals surface area contributed by atoms with Gasteiger partial charge >= 0.3 is 11.9 Å². The number of rotatable bonds is 3. The molecule has 7 heteroatoms. The van der Waals surface area contributed by atoms with Crippen LogP contribution in [0.5, 0.6) is 0 Å². The number of likely N-dealkylation sites (N-methyl/N-ethyl adjacent to an activating group) is 1. The molecule has 1 rings (SSSR count). The Hall–Kier alpha value is -2.18. The molecule has 7 nitrogen and oxygen atoms in total. The van der Waals surface area contributed by atoms with E-state index < -0.39 is 29.9 Å². The molecule has 0 aromatic rings. The first-order chi connectivity index (χ1) is 7.95. The fourth-order valence-electron chi connectivity index (χ4n) is 1.20. The first-order valence-corrected chi connectivity index (χ1v) is 4.72. The molecule has 17 heavy (non-hydrogen) atoms. The maximum atomic E-state index is 11.4. The lowest BCUT2D eigenvalue weighted by Gasteiger charge is -2.08. The molecular formula is C10H11NO6. The van der Waals surface area contributed by atoms with Crippen LogP contribution in [-0.4, -0.2) is 48.9 Å². The third-order valence-corrected chi connectivity index (χ3v) is 2.16. The molecule has 0 saturated carbocycles. The van der Waals surface area contributed by atoms with Gasteiger partial charge in [0, 0.05) is 19.2 Å². The number of hydrogen-bond donors (Lipinski definition) is 0.